The third kappa shape index (κ3) is 4.26. The first-order chi connectivity index (χ1) is 29.0. The van der Waals surface area contributed by atoms with Gasteiger partial charge < -0.3 is 14.4 Å². The maximum atomic E-state index is 2.57. The van der Waals surface area contributed by atoms with Crippen LogP contribution >= 0.6 is 22.7 Å². The van der Waals surface area contributed by atoms with Gasteiger partial charge in [-0.1, -0.05) is 105 Å². The molecule has 1 aliphatic carbocycles. The number of rotatable bonds is 3. The van der Waals surface area contributed by atoms with E-state index in [0.29, 0.717) is 0 Å². The molecule has 0 fully saturated rings. The number of anilines is 6. The molecular formula is C54H37N3S2. The smallest absolute Gasteiger partial charge is 0.0771 e. The molecule has 1 spiro atoms. The van der Waals surface area contributed by atoms with E-state index in [1.54, 1.807) is 0 Å². The van der Waals surface area contributed by atoms with Gasteiger partial charge in [-0.2, -0.15) is 0 Å². The second-order valence-electron chi connectivity index (χ2n) is 16.5. The standard InChI is InChI=1S/C54H37N3S2/c1-53(2)39-20-10-13-23-46(39)56(35-17-7-4-8-18-35)48-26-25-36(31-43(48)53)57-47-24-14-11-21-40(47)54(41-27-29-58-51(41)52-42(54)28-30-59-52)44-32-38-37-19-9-12-22-45(37)55(49(38)33-50(44)57)34-15-5-3-6-16-34/h3-33H,1-2H3. The highest BCUT2D eigenvalue weighted by molar-refractivity contribution is 7.21. The van der Waals surface area contributed by atoms with Crippen molar-refractivity contribution in [3.63, 3.8) is 0 Å². The zero-order valence-electron chi connectivity index (χ0n) is 32.6. The van der Waals surface area contributed by atoms with Gasteiger partial charge >= 0.3 is 0 Å². The first kappa shape index (κ1) is 33.3. The topological polar surface area (TPSA) is 11.4 Å². The summed E-state index contributed by atoms with van der Waals surface area (Å²) in [6, 6.07) is 65.8. The van der Waals surface area contributed by atoms with Gasteiger partial charge in [0.25, 0.3) is 0 Å². The van der Waals surface area contributed by atoms with Crippen molar-refractivity contribution in [3.8, 4) is 15.4 Å². The highest BCUT2D eigenvalue weighted by Gasteiger charge is 2.53. The molecular weight excluding hydrogens is 755 g/mol. The molecule has 5 heterocycles. The molecule has 59 heavy (non-hydrogen) atoms. The molecule has 280 valence electrons. The molecule has 0 atom stereocenters. The molecule has 0 saturated heterocycles. The molecule has 7 aromatic carbocycles. The van der Waals surface area contributed by atoms with Crippen molar-refractivity contribution in [1.29, 1.82) is 0 Å². The quantitative estimate of drug-likeness (QED) is 0.177. The van der Waals surface area contributed by atoms with E-state index in [9.17, 15) is 0 Å². The van der Waals surface area contributed by atoms with Crippen LogP contribution in [-0.4, -0.2) is 4.57 Å². The van der Waals surface area contributed by atoms with Gasteiger partial charge in [-0.15, -0.1) is 22.7 Å². The third-order valence-corrected chi connectivity index (χ3v) is 15.3. The molecule has 0 radical (unpaired) electrons. The second-order valence-corrected chi connectivity index (χ2v) is 18.4. The summed E-state index contributed by atoms with van der Waals surface area (Å²) in [5.41, 5.74) is 18.1. The summed E-state index contributed by atoms with van der Waals surface area (Å²) in [5, 5.41) is 7.12. The lowest BCUT2D eigenvalue weighted by molar-refractivity contribution is 0.632. The Kier molecular flexibility index (Phi) is 6.75. The first-order valence-corrected chi connectivity index (χ1v) is 22.1. The van der Waals surface area contributed by atoms with Gasteiger partial charge in [0.2, 0.25) is 0 Å². The molecule has 3 nitrogen and oxygen atoms in total. The lowest BCUT2D eigenvalue weighted by Gasteiger charge is -2.46. The van der Waals surface area contributed by atoms with E-state index in [-0.39, 0.29) is 5.41 Å². The van der Waals surface area contributed by atoms with Crippen LogP contribution in [0.15, 0.2) is 187 Å². The summed E-state index contributed by atoms with van der Waals surface area (Å²) in [6.45, 7) is 4.78. The minimum absolute atomic E-state index is 0.251. The van der Waals surface area contributed by atoms with E-state index in [1.165, 1.54) is 87.7 Å². The van der Waals surface area contributed by atoms with Gasteiger partial charge in [-0.3, -0.25) is 0 Å². The Balaban J connectivity index is 1.14. The Morgan fingerprint density at radius 2 is 0.949 bits per heavy atom. The van der Waals surface area contributed by atoms with E-state index < -0.39 is 5.41 Å². The largest absolute Gasteiger partial charge is 0.310 e. The average molecular weight is 792 g/mol. The molecule has 0 N–H and O–H groups in total. The van der Waals surface area contributed by atoms with Crippen LogP contribution in [0.3, 0.4) is 0 Å². The van der Waals surface area contributed by atoms with Crippen LogP contribution in [0.1, 0.15) is 47.2 Å². The summed E-state index contributed by atoms with van der Waals surface area (Å²) in [5.74, 6) is 0. The van der Waals surface area contributed by atoms with Crippen molar-refractivity contribution in [1.82, 2.24) is 4.57 Å². The van der Waals surface area contributed by atoms with E-state index in [0.717, 1.165) is 17.1 Å². The van der Waals surface area contributed by atoms with Gasteiger partial charge in [-0.25, -0.2) is 0 Å². The fourth-order valence-corrected chi connectivity index (χ4v) is 13.0. The predicted molar refractivity (Wildman–Crippen MR) is 249 cm³/mol. The molecule has 2 aliphatic heterocycles. The van der Waals surface area contributed by atoms with Gasteiger partial charge in [0, 0.05) is 43.0 Å². The zero-order valence-corrected chi connectivity index (χ0v) is 34.2. The van der Waals surface area contributed by atoms with Gasteiger partial charge in [0.1, 0.15) is 0 Å². The molecule has 5 heteroatoms. The lowest BCUT2D eigenvalue weighted by atomic mass is 9.65. The van der Waals surface area contributed by atoms with Crippen LogP contribution in [0.2, 0.25) is 0 Å². The van der Waals surface area contributed by atoms with Crippen LogP contribution in [0.5, 0.6) is 0 Å². The van der Waals surface area contributed by atoms with Crippen LogP contribution in [0.4, 0.5) is 34.1 Å². The summed E-state index contributed by atoms with van der Waals surface area (Å²) in [6.07, 6.45) is 0. The Hall–Kier alpha value is -6.66. The fourth-order valence-electron chi connectivity index (χ4n) is 10.9. The number of para-hydroxylation sites is 5. The van der Waals surface area contributed by atoms with Gasteiger partial charge in [0.05, 0.1) is 39.2 Å². The normalized spacial score (nSPS) is 15.2. The van der Waals surface area contributed by atoms with Crippen molar-refractivity contribution in [2.75, 3.05) is 9.80 Å². The van der Waals surface area contributed by atoms with E-state index >= 15 is 0 Å². The maximum absolute atomic E-state index is 2.57. The summed E-state index contributed by atoms with van der Waals surface area (Å²) in [4.78, 5) is 7.81. The van der Waals surface area contributed by atoms with Crippen molar-refractivity contribution in [2.45, 2.75) is 24.7 Å². The fraction of sp³-hybridized carbons (Fsp3) is 0.0741. The summed E-state index contributed by atoms with van der Waals surface area (Å²) in [7, 11) is 0. The Morgan fingerprint density at radius 1 is 0.373 bits per heavy atom. The van der Waals surface area contributed by atoms with Crippen LogP contribution in [-0.2, 0) is 10.8 Å². The number of aromatic nitrogens is 1. The van der Waals surface area contributed by atoms with Gasteiger partial charge in [0.15, 0.2) is 0 Å². The van der Waals surface area contributed by atoms with Crippen molar-refractivity contribution in [2.24, 2.45) is 0 Å². The number of thiophene rings is 2. The lowest BCUT2D eigenvalue weighted by Crippen LogP contribution is -2.36. The van der Waals surface area contributed by atoms with Crippen LogP contribution in [0, 0.1) is 0 Å². The Labute approximate surface area is 351 Å². The average Bonchev–Trinajstić information content (AvgIpc) is 4.07. The molecule has 0 unspecified atom stereocenters. The van der Waals surface area contributed by atoms with Crippen molar-refractivity contribution < 1.29 is 0 Å². The van der Waals surface area contributed by atoms with Crippen LogP contribution in [0.25, 0.3) is 37.2 Å². The molecule has 0 bridgehead atoms. The number of nitrogens with zero attached hydrogens (tertiary/aromatic N) is 3. The maximum Gasteiger partial charge on any atom is 0.0771 e. The number of benzene rings is 7. The van der Waals surface area contributed by atoms with E-state index in [1.807, 2.05) is 22.7 Å². The Bertz CT molecular complexity index is 3290. The van der Waals surface area contributed by atoms with E-state index in [2.05, 4.69) is 215 Å². The molecule has 13 rings (SSSR count). The first-order valence-electron chi connectivity index (χ1n) is 20.3. The molecule has 0 saturated carbocycles. The molecule has 3 aliphatic rings. The highest BCUT2D eigenvalue weighted by atomic mass is 32.1. The SMILES string of the molecule is CC1(C)c2ccccc2N(c2ccccc2)c2ccc(N3c4ccccc4C4(c5cc6c7ccccc7n(-c7ccccc7)c6cc53)c3ccsc3-c3sccc34)cc21. The predicted octanol–water partition coefficient (Wildman–Crippen LogP) is 15.2. The Morgan fingerprint density at radius 3 is 1.68 bits per heavy atom. The van der Waals surface area contributed by atoms with Crippen molar-refractivity contribution >= 4 is 78.6 Å². The van der Waals surface area contributed by atoms with Crippen LogP contribution < -0.4 is 9.80 Å². The summed E-state index contributed by atoms with van der Waals surface area (Å²) < 4.78 is 2.46. The third-order valence-electron chi connectivity index (χ3n) is 13.3. The minimum atomic E-state index is -0.465. The second kappa shape index (κ2) is 12.0. The highest BCUT2D eigenvalue weighted by Crippen LogP contribution is 2.66. The monoisotopic (exact) mass is 791 g/mol. The van der Waals surface area contributed by atoms with Gasteiger partial charge in [-0.05, 0) is 129 Å². The number of hydrogen-bond donors (Lipinski definition) is 0. The minimum Gasteiger partial charge on any atom is -0.310 e. The zero-order chi connectivity index (χ0) is 39.0. The molecule has 10 aromatic rings. The summed E-state index contributed by atoms with van der Waals surface area (Å²) >= 11 is 3.75. The van der Waals surface area contributed by atoms with E-state index in [4.69, 9.17) is 0 Å². The number of fused-ring (bicyclic) bond motifs is 14. The molecule has 3 aromatic heterocycles. The van der Waals surface area contributed by atoms with Crippen molar-refractivity contribution in [3.05, 3.63) is 220 Å². The molecule has 0 amide bonds. The number of hydrogen-bond acceptors (Lipinski definition) is 4.